The number of hydrogen-bond donors (Lipinski definition) is 2. The average molecular weight is 379 g/mol. The smallest absolute Gasteiger partial charge is 0.325 e. The maximum atomic E-state index is 12.9. The first-order chi connectivity index (χ1) is 13.3. The van der Waals surface area contributed by atoms with Crippen LogP contribution in [0.15, 0.2) is 54.6 Å². The van der Waals surface area contributed by atoms with Gasteiger partial charge >= 0.3 is 6.03 Å². The van der Waals surface area contributed by atoms with Crippen molar-refractivity contribution in [2.24, 2.45) is 0 Å². The molecule has 146 valence electrons. The predicted octanol–water partition coefficient (Wildman–Crippen LogP) is 2.89. The van der Waals surface area contributed by atoms with E-state index in [0.29, 0.717) is 18.0 Å². The molecule has 1 aliphatic heterocycles. The highest BCUT2D eigenvalue weighted by atomic mass is 16.2. The number of hydrogen-bond acceptors (Lipinski definition) is 3. The van der Waals surface area contributed by atoms with E-state index in [1.165, 1.54) is 0 Å². The Morgan fingerprint density at radius 1 is 1.07 bits per heavy atom. The number of nitrogens with zero attached hydrogens (tertiary/aromatic N) is 1. The van der Waals surface area contributed by atoms with Gasteiger partial charge in [0, 0.05) is 6.54 Å². The van der Waals surface area contributed by atoms with E-state index in [2.05, 4.69) is 24.5 Å². The first kappa shape index (κ1) is 19.6. The Morgan fingerprint density at radius 3 is 2.32 bits per heavy atom. The van der Waals surface area contributed by atoms with Crippen LogP contribution in [0.25, 0.3) is 0 Å². The van der Waals surface area contributed by atoms with Crippen molar-refractivity contribution in [3.05, 3.63) is 71.3 Å². The van der Waals surface area contributed by atoms with Crippen molar-refractivity contribution in [1.29, 1.82) is 0 Å². The van der Waals surface area contributed by atoms with Crippen LogP contribution >= 0.6 is 0 Å². The van der Waals surface area contributed by atoms with Gasteiger partial charge in [-0.1, -0.05) is 68.4 Å². The van der Waals surface area contributed by atoms with Crippen LogP contribution in [0.1, 0.15) is 43.4 Å². The lowest BCUT2D eigenvalue weighted by atomic mass is 9.90. The van der Waals surface area contributed by atoms with Gasteiger partial charge in [-0.3, -0.25) is 14.5 Å². The molecule has 1 fully saturated rings. The zero-order chi connectivity index (χ0) is 20.3. The average Bonchev–Trinajstić information content (AvgIpc) is 2.91. The molecule has 6 heteroatoms. The quantitative estimate of drug-likeness (QED) is 0.758. The molecule has 4 amide bonds. The summed E-state index contributed by atoms with van der Waals surface area (Å²) in [4.78, 5) is 38.5. The highest BCUT2D eigenvalue weighted by molar-refractivity contribution is 6.09. The highest BCUT2D eigenvalue weighted by Gasteiger charge is 2.49. The van der Waals surface area contributed by atoms with Crippen molar-refractivity contribution in [2.45, 2.75) is 38.8 Å². The van der Waals surface area contributed by atoms with Gasteiger partial charge in [-0.2, -0.15) is 0 Å². The number of amides is 4. The predicted molar refractivity (Wildman–Crippen MR) is 106 cm³/mol. The molecule has 28 heavy (non-hydrogen) atoms. The molecular formula is C22H25N3O3. The number of carbonyl (C=O) groups is 3. The lowest BCUT2D eigenvalue weighted by molar-refractivity contribution is -0.134. The first-order valence-electron chi connectivity index (χ1n) is 9.36. The third kappa shape index (κ3) is 3.91. The lowest BCUT2D eigenvalue weighted by Gasteiger charge is -2.22. The van der Waals surface area contributed by atoms with Gasteiger partial charge in [0.1, 0.15) is 12.1 Å². The molecule has 1 unspecified atom stereocenters. The second-order valence-corrected chi connectivity index (χ2v) is 7.49. The maximum Gasteiger partial charge on any atom is 0.325 e. The molecule has 1 atom stereocenters. The molecule has 6 nitrogen and oxygen atoms in total. The van der Waals surface area contributed by atoms with Crippen LogP contribution in [0.3, 0.4) is 0 Å². The van der Waals surface area contributed by atoms with Crippen molar-refractivity contribution in [1.82, 2.24) is 15.5 Å². The van der Waals surface area contributed by atoms with E-state index in [1.807, 2.05) is 54.6 Å². The number of imide groups is 1. The minimum atomic E-state index is -1.17. The minimum Gasteiger partial charge on any atom is -0.350 e. The topological polar surface area (TPSA) is 78.5 Å². The standard InChI is InChI=1S/C22H25N3O3/c1-15(2)17-9-11-18(12-10-17)22(3)20(27)25(21(28)24-22)14-19(26)23-13-16-7-5-4-6-8-16/h4-12,15H,13-14H2,1-3H3,(H,23,26)(H,24,28). The van der Waals surface area contributed by atoms with E-state index in [1.54, 1.807) is 6.92 Å². The van der Waals surface area contributed by atoms with Crippen LogP contribution in [0, 0.1) is 0 Å². The third-order valence-electron chi connectivity index (χ3n) is 5.06. The van der Waals surface area contributed by atoms with Gasteiger partial charge in [-0.25, -0.2) is 4.79 Å². The molecule has 0 aromatic heterocycles. The van der Waals surface area contributed by atoms with Gasteiger partial charge < -0.3 is 10.6 Å². The molecular weight excluding hydrogens is 354 g/mol. The largest absolute Gasteiger partial charge is 0.350 e. The Morgan fingerprint density at radius 2 is 1.71 bits per heavy atom. The van der Waals surface area contributed by atoms with Crippen LogP contribution in [0.4, 0.5) is 4.79 Å². The molecule has 2 N–H and O–H groups in total. The van der Waals surface area contributed by atoms with Crippen LogP contribution in [-0.2, 0) is 21.7 Å². The summed E-state index contributed by atoms with van der Waals surface area (Å²) in [5, 5.41) is 5.47. The second kappa shape index (κ2) is 7.84. The number of nitrogens with one attached hydrogen (secondary N) is 2. The molecule has 0 radical (unpaired) electrons. The highest BCUT2D eigenvalue weighted by Crippen LogP contribution is 2.29. The Bertz CT molecular complexity index is 878. The minimum absolute atomic E-state index is 0.308. The van der Waals surface area contributed by atoms with Crippen LogP contribution in [-0.4, -0.2) is 29.3 Å². The summed E-state index contributed by atoms with van der Waals surface area (Å²) >= 11 is 0. The van der Waals surface area contributed by atoms with Crippen LogP contribution in [0.5, 0.6) is 0 Å². The van der Waals surface area contributed by atoms with Gasteiger partial charge in [0.05, 0.1) is 0 Å². The molecule has 0 bridgehead atoms. The Hall–Kier alpha value is -3.15. The summed E-state index contributed by atoms with van der Waals surface area (Å²) in [7, 11) is 0. The van der Waals surface area contributed by atoms with Crippen LogP contribution in [0.2, 0.25) is 0 Å². The molecule has 3 rings (SSSR count). The fourth-order valence-corrected chi connectivity index (χ4v) is 3.23. The summed E-state index contributed by atoms with van der Waals surface area (Å²) in [6, 6.07) is 16.5. The van der Waals surface area contributed by atoms with Crippen molar-refractivity contribution < 1.29 is 14.4 Å². The summed E-state index contributed by atoms with van der Waals surface area (Å²) in [5.74, 6) is -0.433. The van der Waals surface area contributed by atoms with Gasteiger partial charge in [0.25, 0.3) is 5.91 Å². The van der Waals surface area contributed by atoms with Crippen molar-refractivity contribution in [3.63, 3.8) is 0 Å². The van der Waals surface area contributed by atoms with Crippen molar-refractivity contribution in [2.75, 3.05) is 6.54 Å². The first-order valence-corrected chi connectivity index (χ1v) is 9.36. The van der Waals surface area contributed by atoms with E-state index in [9.17, 15) is 14.4 Å². The lowest BCUT2D eigenvalue weighted by Crippen LogP contribution is -2.43. The maximum absolute atomic E-state index is 12.9. The Balaban J connectivity index is 1.67. The zero-order valence-electron chi connectivity index (χ0n) is 16.4. The summed E-state index contributed by atoms with van der Waals surface area (Å²) in [5.41, 5.74) is 1.62. The van der Waals surface area contributed by atoms with E-state index in [-0.39, 0.29) is 12.5 Å². The van der Waals surface area contributed by atoms with E-state index in [4.69, 9.17) is 0 Å². The molecule has 1 aliphatic rings. The molecule has 1 saturated heterocycles. The third-order valence-corrected chi connectivity index (χ3v) is 5.06. The second-order valence-electron chi connectivity index (χ2n) is 7.49. The number of carbonyl (C=O) groups excluding carboxylic acids is 3. The van der Waals surface area contributed by atoms with Crippen molar-refractivity contribution in [3.8, 4) is 0 Å². The summed E-state index contributed by atoms with van der Waals surface area (Å²) < 4.78 is 0. The summed E-state index contributed by atoms with van der Waals surface area (Å²) in [6.07, 6.45) is 0. The molecule has 2 aromatic carbocycles. The molecule has 0 aliphatic carbocycles. The molecule has 0 saturated carbocycles. The number of urea groups is 1. The van der Waals surface area contributed by atoms with Crippen molar-refractivity contribution >= 4 is 17.8 Å². The number of rotatable bonds is 6. The SMILES string of the molecule is CC(C)c1ccc(C2(C)NC(=O)N(CC(=O)NCc3ccccc3)C2=O)cc1. The molecule has 2 aromatic rings. The fraction of sp³-hybridized carbons (Fsp3) is 0.318. The molecule has 1 heterocycles. The van der Waals surface area contributed by atoms with Crippen LogP contribution < -0.4 is 10.6 Å². The van der Waals surface area contributed by atoms with Gasteiger partial charge in [0.2, 0.25) is 5.91 Å². The van der Waals surface area contributed by atoms with E-state index >= 15 is 0 Å². The summed E-state index contributed by atoms with van der Waals surface area (Å²) in [6.45, 7) is 5.89. The van der Waals surface area contributed by atoms with Gasteiger partial charge in [-0.05, 0) is 29.5 Å². The molecule has 0 spiro atoms. The normalized spacial score (nSPS) is 19.1. The van der Waals surface area contributed by atoms with Gasteiger partial charge in [0.15, 0.2) is 0 Å². The Labute approximate surface area is 164 Å². The zero-order valence-corrected chi connectivity index (χ0v) is 16.4. The number of benzene rings is 2. The van der Waals surface area contributed by atoms with E-state index in [0.717, 1.165) is 16.0 Å². The monoisotopic (exact) mass is 379 g/mol. The fourth-order valence-electron chi connectivity index (χ4n) is 3.23. The van der Waals surface area contributed by atoms with Gasteiger partial charge in [-0.15, -0.1) is 0 Å². The Kier molecular flexibility index (Phi) is 5.49. The van der Waals surface area contributed by atoms with E-state index < -0.39 is 17.5 Å².